The van der Waals surface area contributed by atoms with Gasteiger partial charge in [-0.25, -0.2) is 0 Å². The minimum absolute atomic E-state index is 0.145. The molecule has 1 aromatic heterocycles. The number of primary amides is 1. The van der Waals surface area contributed by atoms with Gasteiger partial charge in [-0.2, -0.15) is 0 Å². The number of nitrogens with two attached hydrogens (primary N) is 1. The summed E-state index contributed by atoms with van der Waals surface area (Å²) in [6, 6.07) is 7.85. The van der Waals surface area contributed by atoms with Crippen molar-refractivity contribution < 1.29 is 19.1 Å². The van der Waals surface area contributed by atoms with Gasteiger partial charge in [-0.1, -0.05) is 18.2 Å². The van der Waals surface area contributed by atoms with E-state index < -0.39 is 5.91 Å². The summed E-state index contributed by atoms with van der Waals surface area (Å²) in [7, 11) is 0. The van der Waals surface area contributed by atoms with E-state index >= 15 is 0 Å². The van der Waals surface area contributed by atoms with Gasteiger partial charge in [-0.3, -0.25) is 14.5 Å². The lowest BCUT2D eigenvalue weighted by molar-refractivity contribution is -0.139. The van der Waals surface area contributed by atoms with Crippen LogP contribution in [0.2, 0.25) is 0 Å². The van der Waals surface area contributed by atoms with Crippen LogP contribution in [0.5, 0.6) is 0 Å². The third kappa shape index (κ3) is 4.61. The van der Waals surface area contributed by atoms with Crippen LogP contribution in [0.3, 0.4) is 0 Å². The quantitative estimate of drug-likeness (QED) is 0.777. The number of morpholine rings is 2. The average Bonchev–Trinajstić information content (AvgIpc) is 3.14. The topological polar surface area (TPSA) is 85.1 Å². The Morgan fingerprint density at radius 3 is 2.72 bits per heavy atom. The zero-order chi connectivity index (χ0) is 20.2. The highest BCUT2D eigenvalue weighted by Crippen LogP contribution is 2.38. The van der Waals surface area contributed by atoms with E-state index in [0.29, 0.717) is 31.0 Å². The first-order valence-corrected chi connectivity index (χ1v) is 11.0. The third-order valence-electron chi connectivity index (χ3n) is 5.57. The van der Waals surface area contributed by atoms with Crippen LogP contribution in [0.1, 0.15) is 34.2 Å². The van der Waals surface area contributed by atoms with Gasteiger partial charge in [0.05, 0.1) is 31.2 Å². The zero-order valence-corrected chi connectivity index (χ0v) is 17.3. The SMILES string of the molecule is NC(=O)c1sc2ccccc2c1[C@H]1CN(C(=O)CCCN2CCOCC2)CCO1. The van der Waals surface area contributed by atoms with E-state index in [1.165, 1.54) is 11.3 Å². The van der Waals surface area contributed by atoms with Crippen LogP contribution in [0.4, 0.5) is 0 Å². The van der Waals surface area contributed by atoms with E-state index in [0.717, 1.165) is 54.9 Å². The summed E-state index contributed by atoms with van der Waals surface area (Å²) in [4.78, 5) is 29.5. The summed E-state index contributed by atoms with van der Waals surface area (Å²) >= 11 is 1.39. The predicted octanol–water partition coefficient (Wildman–Crippen LogP) is 2.01. The van der Waals surface area contributed by atoms with E-state index in [1.54, 1.807) is 0 Å². The van der Waals surface area contributed by atoms with Gasteiger partial charge < -0.3 is 20.1 Å². The fourth-order valence-electron chi connectivity index (χ4n) is 4.06. The van der Waals surface area contributed by atoms with Gasteiger partial charge >= 0.3 is 0 Å². The van der Waals surface area contributed by atoms with Crippen LogP contribution in [0, 0.1) is 0 Å². The van der Waals surface area contributed by atoms with Gasteiger partial charge in [0.15, 0.2) is 0 Å². The zero-order valence-electron chi connectivity index (χ0n) is 16.5. The van der Waals surface area contributed by atoms with Crippen molar-refractivity contribution in [3.8, 4) is 0 Å². The molecule has 29 heavy (non-hydrogen) atoms. The van der Waals surface area contributed by atoms with E-state index in [2.05, 4.69) is 4.90 Å². The standard InChI is InChI=1S/C21H27N3O4S/c22-21(26)20-19(15-4-1-2-5-17(15)29-20)16-14-24(10-13-28-16)18(25)6-3-7-23-8-11-27-12-9-23/h1-2,4-5,16H,3,6-14H2,(H2,22,26)/t16-/m1/s1. The Kier molecular flexibility index (Phi) is 6.44. The number of amides is 2. The van der Waals surface area contributed by atoms with Crippen LogP contribution >= 0.6 is 11.3 Å². The molecule has 0 aliphatic carbocycles. The molecule has 2 aliphatic heterocycles. The highest BCUT2D eigenvalue weighted by Gasteiger charge is 2.30. The summed E-state index contributed by atoms with van der Waals surface area (Å²) in [6.07, 6.45) is 1.04. The van der Waals surface area contributed by atoms with E-state index in [1.807, 2.05) is 29.2 Å². The van der Waals surface area contributed by atoms with Crippen molar-refractivity contribution >= 4 is 33.2 Å². The second-order valence-corrected chi connectivity index (χ2v) is 8.51. The first kappa shape index (κ1) is 20.3. The molecule has 2 saturated heterocycles. The molecule has 1 aromatic carbocycles. The molecule has 0 unspecified atom stereocenters. The molecule has 2 N–H and O–H groups in total. The summed E-state index contributed by atoms with van der Waals surface area (Å²) < 4.78 is 12.4. The fraction of sp³-hybridized carbons (Fsp3) is 0.524. The number of hydrogen-bond acceptors (Lipinski definition) is 6. The van der Waals surface area contributed by atoms with Crippen molar-refractivity contribution in [1.29, 1.82) is 0 Å². The van der Waals surface area contributed by atoms with Crippen molar-refractivity contribution in [2.45, 2.75) is 18.9 Å². The molecule has 0 spiro atoms. The second-order valence-electron chi connectivity index (χ2n) is 7.46. The van der Waals surface area contributed by atoms with Crippen molar-refractivity contribution in [2.24, 2.45) is 5.73 Å². The minimum atomic E-state index is -0.446. The summed E-state index contributed by atoms with van der Waals surface area (Å²) in [6.45, 7) is 5.85. The maximum atomic E-state index is 12.8. The molecule has 0 bridgehead atoms. The molecule has 3 heterocycles. The number of ether oxygens (including phenoxy) is 2. The van der Waals surface area contributed by atoms with Crippen molar-refractivity contribution in [1.82, 2.24) is 9.80 Å². The van der Waals surface area contributed by atoms with Crippen LogP contribution < -0.4 is 5.73 Å². The number of fused-ring (bicyclic) bond motifs is 1. The van der Waals surface area contributed by atoms with Gasteiger partial charge in [-0.15, -0.1) is 11.3 Å². The van der Waals surface area contributed by atoms with Crippen LogP contribution in [-0.2, 0) is 14.3 Å². The average molecular weight is 418 g/mol. The number of nitrogens with zero attached hydrogens (tertiary/aromatic N) is 2. The molecule has 7 nitrogen and oxygen atoms in total. The first-order valence-electron chi connectivity index (χ1n) is 10.1. The van der Waals surface area contributed by atoms with E-state index in [-0.39, 0.29) is 12.0 Å². The van der Waals surface area contributed by atoms with E-state index in [4.69, 9.17) is 15.2 Å². The lowest BCUT2D eigenvalue weighted by Gasteiger charge is -2.34. The number of carbonyl (C=O) groups is 2. The molecular formula is C21H27N3O4S. The van der Waals surface area contributed by atoms with Crippen molar-refractivity contribution in [3.63, 3.8) is 0 Å². The Morgan fingerprint density at radius 1 is 1.14 bits per heavy atom. The van der Waals surface area contributed by atoms with Crippen LogP contribution in [0.25, 0.3) is 10.1 Å². The molecule has 2 amide bonds. The fourth-order valence-corrected chi connectivity index (χ4v) is 5.16. The van der Waals surface area contributed by atoms with Crippen LogP contribution in [0.15, 0.2) is 24.3 Å². The Hall–Kier alpha value is -2.00. The Bertz CT molecular complexity index is 878. The highest BCUT2D eigenvalue weighted by molar-refractivity contribution is 7.21. The van der Waals surface area contributed by atoms with Gasteiger partial charge in [-0.05, 0) is 24.4 Å². The number of hydrogen-bond donors (Lipinski definition) is 1. The maximum absolute atomic E-state index is 12.8. The highest BCUT2D eigenvalue weighted by atomic mass is 32.1. The van der Waals surface area contributed by atoms with E-state index in [9.17, 15) is 9.59 Å². The second kappa shape index (κ2) is 9.21. The summed E-state index contributed by atoms with van der Waals surface area (Å²) in [5.41, 5.74) is 6.46. The van der Waals surface area contributed by atoms with Gasteiger partial charge in [0, 0.05) is 36.3 Å². The number of benzene rings is 1. The Labute approximate surface area is 174 Å². The summed E-state index contributed by atoms with van der Waals surface area (Å²) in [5, 5.41) is 0.984. The molecule has 1 atom stereocenters. The van der Waals surface area contributed by atoms with Crippen molar-refractivity contribution in [2.75, 3.05) is 52.5 Å². The maximum Gasteiger partial charge on any atom is 0.259 e. The predicted molar refractivity (Wildman–Crippen MR) is 112 cm³/mol. The first-order chi connectivity index (χ1) is 14.1. The molecule has 4 rings (SSSR count). The van der Waals surface area contributed by atoms with Crippen LogP contribution in [-0.4, -0.2) is 74.2 Å². The number of rotatable bonds is 6. The number of thiophene rings is 1. The van der Waals surface area contributed by atoms with Gasteiger partial charge in [0.1, 0.15) is 6.10 Å². The normalized spacial score (nSPS) is 20.8. The Morgan fingerprint density at radius 2 is 1.93 bits per heavy atom. The molecule has 156 valence electrons. The Balaban J connectivity index is 1.42. The molecule has 2 fully saturated rings. The third-order valence-corrected chi connectivity index (χ3v) is 6.77. The molecule has 2 aliphatic rings. The largest absolute Gasteiger partial charge is 0.379 e. The number of carbonyl (C=O) groups excluding carboxylic acids is 2. The molecule has 0 saturated carbocycles. The smallest absolute Gasteiger partial charge is 0.259 e. The molecule has 8 heteroatoms. The molecule has 2 aromatic rings. The molecule has 0 radical (unpaired) electrons. The lowest BCUT2D eigenvalue weighted by Crippen LogP contribution is -2.43. The monoisotopic (exact) mass is 417 g/mol. The van der Waals surface area contributed by atoms with Crippen molar-refractivity contribution in [3.05, 3.63) is 34.7 Å². The minimum Gasteiger partial charge on any atom is -0.379 e. The summed E-state index contributed by atoms with van der Waals surface area (Å²) in [5.74, 6) is -0.300. The lowest BCUT2D eigenvalue weighted by atomic mass is 10.0. The molecular weight excluding hydrogens is 390 g/mol. The van der Waals surface area contributed by atoms with Gasteiger partial charge in [0.2, 0.25) is 5.91 Å². The van der Waals surface area contributed by atoms with Gasteiger partial charge in [0.25, 0.3) is 5.91 Å².